The van der Waals surface area contributed by atoms with Crippen molar-refractivity contribution in [2.75, 3.05) is 26.7 Å². The minimum absolute atomic E-state index is 0.348. The zero-order chi connectivity index (χ0) is 13.8. The molecule has 1 heterocycles. The molecule has 0 aromatic carbocycles. The van der Waals surface area contributed by atoms with Gasteiger partial charge >= 0.3 is 0 Å². The summed E-state index contributed by atoms with van der Waals surface area (Å²) < 4.78 is 5.55. The highest BCUT2D eigenvalue weighted by molar-refractivity contribution is 5.76. The Morgan fingerprint density at radius 2 is 2.16 bits per heavy atom. The molecule has 19 heavy (non-hydrogen) atoms. The smallest absolute Gasteiger partial charge is 0.222 e. The fourth-order valence-corrected chi connectivity index (χ4v) is 3.39. The van der Waals surface area contributed by atoms with Gasteiger partial charge in [-0.15, -0.1) is 0 Å². The monoisotopic (exact) mass is 268 g/mol. The van der Waals surface area contributed by atoms with Crippen LogP contribution in [0.2, 0.25) is 0 Å². The van der Waals surface area contributed by atoms with E-state index in [9.17, 15) is 4.79 Å². The van der Waals surface area contributed by atoms with Gasteiger partial charge in [-0.25, -0.2) is 0 Å². The molecule has 2 rings (SSSR count). The zero-order valence-electron chi connectivity index (χ0n) is 12.5. The Morgan fingerprint density at radius 1 is 1.42 bits per heavy atom. The SMILES string of the molecule is CCOC1CC(CC(=O)N2CCC(NC)C(C)C2)C1. The number of nitrogens with zero attached hydrogens (tertiary/aromatic N) is 1. The first-order chi connectivity index (χ1) is 9.13. The largest absolute Gasteiger partial charge is 0.378 e. The standard InChI is InChI=1S/C15H28N2O2/c1-4-19-13-7-12(8-13)9-15(18)17-6-5-14(16-3)11(2)10-17/h11-14,16H,4-10H2,1-3H3. The maximum atomic E-state index is 12.3. The van der Waals surface area contributed by atoms with Crippen LogP contribution in [-0.4, -0.2) is 49.7 Å². The second-order valence-electron chi connectivity index (χ2n) is 6.12. The summed E-state index contributed by atoms with van der Waals surface area (Å²) in [5.74, 6) is 1.46. The number of piperidine rings is 1. The Bertz CT molecular complexity index is 303. The predicted octanol–water partition coefficient (Wildman–Crippen LogP) is 1.65. The normalized spacial score (nSPS) is 35.0. The topological polar surface area (TPSA) is 41.6 Å². The predicted molar refractivity (Wildman–Crippen MR) is 76.0 cm³/mol. The van der Waals surface area contributed by atoms with Gasteiger partial charge in [0.25, 0.3) is 0 Å². The molecule has 2 aliphatic rings. The van der Waals surface area contributed by atoms with Crippen LogP contribution in [0.3, 0.4) is 0 Å². The minimum Gasteiger partial charge on any atom is -0.378 e. The van der Waals surface area contributed by atoms with E-state index in [0.29, 0.717) is 29.9 Å². The van der Waals surface area contributed by atoms with Crippen molar-refractivity contribution >= 4 is 5.91 Å². The lowest BCUT2D eigenvalue weighted by Gasteiger charge is -2.39. The molecular formula is C15H28N2O2. The van der Waals surface area contributed by atoms with Gasteiger partial charge in [0, 0.05) is 32.2 Å². The molecule has 1 N–H and O–H groups in total. The molecule has 2 unspecified atom stereocenters. The van der Waals surface area contributed by atoms with Crippen LogP contribution in [0.15, 0.2) is 0 Å². The Labute approximate surface area is 116 Å². The molecule has 4 heteroatoms. The van der Waals surface area contributed by atoms with Crippen LogP contribution >= 0.6 is 0 Å². The fourth-order valence-electron chi connectivity index (χ4n) is 3.39. The van der Waals surface area contributed by atoms with Crippen LogP contribution in [-0.2, 0) is 9.53 Å². The van der Waals surface area contributed by atoms with E-state index in [2.05, 4.69) is 17.1 Å². The van der Waals surface area contributed by atoms with Crippen molar-refractivity contribution in [1.29, 1.82) is 0 Å². The molecule has 110 valence electrons. The number of amides is 1. The number of nitrogens with one attached hydrogen (secondary N) is 1. The van der Waals surface area contributed by atoms with Gasteiger partial charge in [0.2, 0.25) is 5.91 Å². The van der Waals surface area contributed by atoms with Crippen molar-refractivity contribution in [2.24, 2.45) is 11.8 Å². The molecule has 0 aromatic rings. The van der Waals surface area contributed by atoms with E-state index in [1.54, 1.807) is 0 Å². The number of hydrogen-bond acceptors (Lipinski definition) is 3. The molecule has 0 bridgehead atoms. The highest BCUT2D eigenvalue weighted by Gasteiger charge is 2.34. The van der Waals surface area contributed by atoms with Gasteiger partial charge in [0.1, 0.15) is 0 Å². The van der Waals surface area contributed by atoms with E-state index in [1.807, 2.05) is 14.0 Å². The Morgan fingerprint density at radius 3 is 2.74 bits per heavy atom. The Balaban J connectivity index is 1.70. The van der Waals surface area contributed by atoms with Gasteiger partial charge in [-0.3, -0.25) is 4.79 Å². The van der Waals surface area contributed by atoms with Gasteiger partial charge in [0.15, 0.2) is 0 Å². The third-order valence-electron chi connectivity index (χ3n) is 4.69. The maximum Gasteiger partial charge on any atom is 0.222 e. The molecule has 0 spiro atoms. The summed E-state index contributed by atoms with van der Waals surface area (Å²) in [5.41, 5.74) is 0. The summed E-state index contributed by atoms with van der Waals surface area (Å²) in [7, 11) is 2.01. The van der Waals surface area contributed by atoms with Crippen molar-refractivity contribution < 1.29 is 9.53 Å². The number of carbonyl (C=O) groups excluding carboxylic acids is 1. The van der Waals surface area contributed by atoms with Gasteiger partial charge in [-0.05, 0) is 45.1 Å². The lowest BCUT2D eigenvalue weighted by molar-refractivity contribution is -0.136. The molecule has 2 atom stereocenters. The van der Waals surface area contributed by atoms with Crippen LogP contribution < -0.4 is 5.32 Å². The highest BCUT2D eigenvalue weighted by atomic mass is 16.5. The number of likely N-dealkylation sites (tertiary alicyclic amines) is 1. The van der Waals surface area contributed by atoms with Crippen LogP contribution in [0.25, 0.3) is 0 Å². The van der Waals surface area contributed by atoms with Gasteiger partial charge in [0.05, 0.1) is 6.10 Å². The Kier molecular flexibility index (Phi) is 5.22. The molecule has 1 saturated carbocycles. The van der Waals surface area contributed by atoms with Crippen molar-refractivity contribution in [3.63, 3.8) is 0 Å². The van der Waals surface area contributed by atoms with Crippen LogP contribution in [0.5, 0.6) is 0 Å². The van der Waals surface area contributed by atoms with Gasteiger partial charge in [-0.2, -0.15) is 0 Å². The lowest BCUT2D eigenvalue weighted by atomic mass is 9.79. The van der Waals surface area contributed by atoms with Gasteiger partial charge in [-0.1, -0.05) is 6.92 Å². The van der Waals surface area contributed by atoms with Crippen molar-refractivity contribution in [2.45, 2.75) is 51.7 Å². The van der Waals surface area contributed by atoms with E-state index >= 15 is 0 Å². The molecule has 1 aliphatic heterocycles. The third kappa shape index (κ3) is 3.69. The molecule has 0 aromatic heterocycles. The van der Waals surface area contributed by atoms with E-state index < -0.39 is 0 Å². The molecule has 1 saturated heterocycles. The lowest BCUT2D eigenvalue weighted by Crippen LogP contribution is -2.50. The fraction of sp³-hybridized carbons (Fsp3) is 0.933. The van der Waals surface area contributed by atoms with Crippen molar-refractivity contribution in [3.8, 4) is 0 Å². The average Bonchev–Trinajstić information content (AvgIpc) is 2.36. The second-order valence-corrected chi connectivity index (χ2v) is 6.12. The summed E-state index contributed by atoms with van der Waals surface area (Å²) in [6.07, 6.45) is 4.36. The quantitative estimate of drug-likeness (QED) is 0.824. The summed E-state index contributed by atoms with van der Waals surface area (Å²) >= 11 is 0. The van der Waals surface area contributed by atoms with E-state index in [-0.39, 0.29) is 0 Å². The maximum absolute atomic E-state index is 12.3. The molecular weight excluding hydrogens is 240 g/mol. The summed E-state index contributed by atoms with van der Waals surface area (Å²) in [6.45, 7) is 6.88. The van der Waals surface area contributed by atoms with Crippen LogP contribution in [0, 0.1) is 11.8 Å². The first kappa shape index (κ1) is 14.8. The third-order valence-corrected chi connectivity index (χ3v) is 4.69. The van der Waals surface area contributed by atoms with Crippen LogP contribution in [0.4, 0.5) is 0 Å². The number of ether oxygens (including phenoxy) is 1. The number of carbonyl (C=O) groups is 1. The average molecular weight is 268 g/mol. The van der Waals surface area contributed by atoms with Crippen molar-refractivity contribution in [3.05, 3.63) is 0 Å². The molecule has 0 radical (unpaired) electrons. The van der Waals surface area contributed by atoms with Crippen LogP contribution in [0.1, 0.15) is 39.5 Å². The molecule has 4 nitrogen and oxygen atoms in total. The summed E-state index contributed by atoms with van der Waals surface area (Å²) in [5, 5.41) is 3.34. The summed E-state index contributed by atoms with van der Waals surface area (Å²) in [4.78, 5) is 14.3. The molecule has 2 fully saturated rings. The highest BCUT2D eigenvalue weighted by Crippen LogP contribution is 2.33. The summed E-state index contributed by atoms with van der Waals surface area (Å²) in [6, 6.07) is 0.565. The number of rotatable bonds is 5. The molecule has 1 amide bonds. The molecule has 1 aliphatic carbocycles. The van der Waals surface area contributed by atoms with Gasteiger partial charge < -0.3 is 15.0 Å². The minimum atomic E-state index is 0.348. The first-order valence-corrected chi connectivity index (χ1v) is 7.70. The number of hydrogen-bond donors (Lipinski definition) is 1. The van der Waals surface area contributed by atoms with Crippen molar-refractivity contribution in [1.82, 2.24) is 10.2 Å². The Hall–Kier alpha value is -0.610. The zero-order valence-corrected chi connectivity index (χ0v) is 12.5. The van der Waals surface area contributed by atoms with E-state index in [1.165, 1.54) is 0 Å². The van der Waals surface area contributed by atoms with E-state index in [4.69, 9.17) is 4.74 Å². The van der Waals surface area contributed by atoms with E-state index in [0.717, 1.165) is 45.4 Å². The first-order valence-electron chi connectivity index (χ1n) is 7.70. The second kappa shape index (κ2) is 6.71.